The first-order valence-electron chi connectivity index (χ1n) is 7.00. The van der Waals surface area contributed by atoms with Gasteiger partial charge in [0.1, 0.15) is 0 Å². The van der Waals surface area contributed by atoms with Crippen molar-refractivity contribution in [3.05, 3.63) is 53.3 Å². The van der Waals surface area contributed by atoms with Crippen molar-refractivity contribution in [3.63, 3.8) is 0 Å². The van der Waals surface area contributed by atoms with E-state index < -0.39 is 17.6 Å². The summed E-state index contributed by atoms with van der Waals surface area (Å²) in [5.41, 5.74) is 11.7. The summed E-state index contributed by atoms with van der Waals surface area (Å²) >= 11 is 0. The molecule has 5 nitrogen and oxygen atoms in total. The first-order valence-corrected chi connectivity index (χ1v) is 7.00. The lowest BCUT2D eigenvalue weighted by Gasteiger charge is -2.15. The Hall–Kier alpha value is -2.89. The Balaban J connectivity index is 2.70. The van der Waals surface area contributed by atoms with E-state index in [1.54, 1.807) is 13.8 Å². The van der Waals surface area contributed by atoms with E-state index in [0.717, 1.165) is 0 Å². The third kappa shape index (κ3) is 3.48. The standard InChI is InChI=1S/C17H17FN2O3/c1-9(2)23-14-8-10(6-7-13(14)18)15-11(16(19)21)4-3-5-12(15)17(20)22/h3-9H,1-2H3,(H2,19,21)(H2,20,22). The van der Waals surface area contributed by atoms with Gasteiger partial charge >= 0.3 is 0 Å². The maximum Gasteiger partial charge on any atom is 0.249 e. The Morgan fingerprint density at radius 1 is 1.04 bits per heavy atom. The highest BCUT2D eigenvalue weighted by Crippen LogP contribution is 2.32. The number of amides is 2. The average Bonchev–Trinajstić information content (AvgIpc) is 2.48. The molecule has 2 aromatic carbocycles. The summed E-state index contributed by atoms with van der Waals surface area (Å²) in [5, 5.41) is 0. The molecular formula is C17H17FN2O3. The fourth-order valence-corrected chi connectivity index (χ4v) is 2.28. The summed E-state index contributed by atoms with van der Waals surface area (Å²) in [6, 6.07) is 8.54. The number of hydrogen-bond acceptors (Lipinski definition) is 3. The monoisotopic (exact) mass is 316 g/mol. The van der Waals surface area contributed by atoms with Crippen molar-refractivity contribution in [2.75, 3.05) is 0 Å². The Kier molecular flexibility index (Phi) is 4.64. The summed E-state index contributed by atoms with van der Waals surface area (Å²) in [6.07, 6.45) is -0.234. The van der Waals surface area contributed by atoms with Crippen molar-refractivity contribution in [1.29, 1.82) is 0 Å². The van der Waals surface area contributed by atoms with Crippen LogP contribution in [0.15, 0.2) is 36.4 Å². The molecule has 0 aliphatic carbocycles. The fraction of sp³-hybridized carbons (Fsp3) is 0.176. The van der Waals surface area contributed by atoms with Gasteiger partial charge in [0.05, 0.1) is 6.10 Å². The van der Waals surface area contributed by atoms with Crippen LogP contribution in [0.2, 0.25) is 0 Å². The molecule has 0 fully saturated rings. The van der Waals surface area contributed by atoms with E-state index in [2.05, 4.69) is 0 Å². The summed E-state index contributed by atoms with van der Waals surface area (Å²) in [6.45, 7) is 3.52. The van der Waals surface area contributed by atoms with Gasteiger partial charge in [-0.3, -0.25) is 9.59 Å². The number of nitrogens with two attached hydrogens (primary N) is 2. The van der Waals surface area contributed by atoms with E-state index in [-0.39, 0.29) is 28.5 Å². The third-order valence-corrected chi connectivity index (χ3v) is 3.18. The van der Waals surface area contributed by atoms with Gasteiger partial charge in [-0.1, -0.05) is 12.1 Å². The lowest BCUT2D eigenvalue weighted by Crippen LogP contribution is -2.18. The van der Waals surface area contributed by atoms with E-state index in [1.165, 1.54) is 36.4 Å². The summed E-state index contributed by atoms with van der Waals surface area (Å²) < 4.78 is 19.3. The van der Waals surface area contributed by atoms with Crippen molar-refractivity contribution in [1.82, 2.24) is 0 Å². The van der Waals surface area contributed by atoms with Gasteiger partial charge in [0, 0.05) is 16.7 Å². The molecule has 2 aromatic rings. The molecule has 0 spiro atoms. The number of rotatable bonds is 5. The topological polar surface area (TPSA) is 95.4 Å². The van der Waals surface area contributed by atoms with Crippen LogP contribution in [0, 0.1) is 5.82 Å². The van der Waals surface area contributed by atoms with Gasteiger partial charge in [-0.25, -0.2) is 4.39 Å². The molecule has 0 saturated heterocycles. The first-order chi connectivity index (χ1) is 10.8. The highest BCUT2D eigenvalue weighted by Gasteiger charge is 2.19. The summed E-state index contributed by atoms with van der Waals surface area (Å²) in [4.78, 5) is 23.3. The van der Waals surface area contributed by atoms with Crippen LogP contribution in [0.25, 0.3) is 11.1 Å². The highest BCUT2D eigenvalue weighted by atomic mass is 19.1. The lowest BCUT2D eigenvalue weighted by molar-refractivity contribution is 0.0999. The van der Waals surface area contributed by atoms with Crippen molar-refractivity contribution < 1.29 is 18.7 Å². The van der Waals surface area contributed by atoms with Crippen LogP contribution >= 0.6 is 0 Å². The van der Waals surface area contributed by atoms with Gasteiger partial charge in [0.2, 0.25) is 11.8 Å². The second kappa shape index (κ2) is 6.48. The second-order valence-corrected chi connectivity index (χ2v) is 5.27. The number of benzene rings is 2. The maximum atomic E-state index is 13.9. The SMILES string of the molecule is CC(C)Oc1cc(-c2c(C(N)=O)cccc2C(N)=O)ccc1F. The zero-order chi connectivity index (χ0) is 17.1. The molecule has 0 unspecified atom stereocenters. The molecule has 0 atom stereocenters. The van der Waals surface area contributed by atoms with Gasteiger partial charge in [-0.15, -0.1) is 0 Å². The molecule has 6 heteroatoms. The van der Waals surface area contributed by atoms with Crippen molar-refractivity contribution in [2.24, 2.45) is 11.5 Å². The van der Waals surface area contributed by atoms with Gasteiger partial charge in [0.25, 0.3) is 0 Å². The minimum Gasteiger partial charge on any atom is -0.488 e. The van der Waals surface area contributed by atoms with Gasteiger partial charge in [-0.05, 0) is 43.7 Å². The normalized spacial score (nSPS) is 10.6. The van der Waals surface area contributed by atoms with Gasteiger partial charge in [-0.2, -0.15) is 0 Å². The zero-order valence-electron chi connectivity index (χ0n) is 12.8. The smallest absolute Gasteiger partial charge is 0.249 e. The van der Waals surface area contributed by atoms with E-state index in [1.807, 2.05) is 0 Å². The molecule has 0 radical (unpaired) electrons. The van der Waals surface area contributed by atoms with Gasteiger partial charge < -0.3 is 16.2 Å². The first kappa shape index (κ1) is 16.5. The van der Waals surface area contributed by atoms with E-state index in [9.17, 15) is 14.0 Å². The Labute approximate surface area is 133 Å². The predicted octanol–water partition coefficient (Wildman–Crippen LogP) is 2.48. The van der Waals surface area contributed by atoms with Gasteiger partial charge in [0.15, 0.2) is 11.6 Å². The van der Waals surface area contributed by atoms with E-state index >= 15 is 0 Å². The van der Waals surface area contributed by atoms with Crippen LogP contribution in [0.4, 0.5) is 4.39 Å². The second-order valence-electron chi connectivity index (χ2n) is 5.27. The van der Waals surface area contributed by atoms with Crippen LogP contribution in [0.1, 0.15) is 34.6 Å². The average molecular weight is 316 g/mol. The fourth-order valence-electron chi connectivity index (χ4n) is 2.28. The van der Waals surface area contributed by atoms with E-state index in [0.29, 0.717) is 5.56 Å². The molecule has 0 aromatic heterocycles. The Morgan fingerprint density at radius 3 is 2.09 bits per heavy atom. The number of primary amides is 2. The van der Waals surface area contributed by atoms with Crippen LogP contribution in [-0.4, -0.2) is 17.9 Å². The lowest BCUT2D eigenvalue weighted by atomic mass is 9.93. The van der Waals surface area contributed by atoms with Crippen LogP contribution in [-0.2, 0) is 0 Å². The third-order valence-electron chi connectivity index (χ3n) is 3.18. The number of hydrogen-bond donors (Lipinski definition) is 2. The predicted molar refractivity (Wildman–Crippen MR) is 84.6 cm³/mol. The van der Waals surface area contributed by atoms with Crippen molar-refractivity contribution in [2.45, 2.75) is 20.0 Å². The molecule has 0 saturated carbocycles. The molecule has 0 heterocycles. The molecule has 0 aliphatic heterocycles. The largest absolute Gasteiger partial charge is 0.488 e. The Morgan fingerprint density at radius 2 is 1.61 bits per heavy atom. The van der Waals surface area contributed by atoms with Crippen LogP contribution in [0.5, 0.6) is 5.75 Å². The maximum absolute atomic E-state index is 13.9. The molecular weight excluding hydrogens is 299 g/mol. The van der Waals surface area contributed by atoms with Crippen molar-refractivity contribution >= 4 is 11.8 Å². The minimum absolute atomic E-state index is 0.0205. The zero-order valence-corrected chi connectivity index (χ0v) is 12.8. The summed E-state index contributed by atoms with van der Waals surface area (Å²) in [7, 11) is 0. The van der Waals surface area contributed by atoms with E-state index in [4.69, 9.17) is 16.2 Å². The molecule has 23 heavy (non-hydrogen) atoms. The minimum atomic E-state index is -0.709. The molecule has 0 bridgehead atoms. The number of ether oxygens (including phenoxy) is 1. The van der Waals surface area contributed by atoms with Crippen LogP contribution in [0.3, 0.4) is 0 Å². The molecule has 2 rings (SSSR count). The molecule has 0 aliphatic rings. The highest BCUT2D eigenvalue weighted by molar-refractivity contribution is 6.08. The summed E-state index contributed by atoms with van der Waals surface area (Å²) in [5.74, 6) is -1.94. The molecule has 2 amide bonds. The quantitative estimate of drug-likeness (QED) is 0.887. The Bertz CT molecular complexity index is 740. The molecule has 4 N–H and O–H groups in total. The number of carbonyl (C=O) groups is 2. The molecule has 120 valence electrons. The number of carbonyl (C=O) groups excluding carboxylic acids is 2. The number of halogens is 1. The van der Waals surface area contributed by atoms with Crippen LogP contribution < -0.4 is 16.2 Å². The van der Waals surface area contributed by atoms with Crippen molar-refractivity contribution in [3.8, 4) is 16.9 Å².